The quantitative estimate of drug-likeness (QED) is 0.871. The molecule has 2 aromatic rings. The van der Waals surface area contributed by atoms with Crippen LogP contribution in [0.4, 0.5) is 0 Å². The van der Waals surface area contributed by atoms with Gasteiger partial charge in [-0.3, -0.25) is 4.79 Å². The second-order valence-electron chi connectivity index (χ2n) is 4.88. The normalized spacial score (nSPS) is 18.7. The molecule has 1 atom stereocenters. The van der Waals surface area contributed by atoms with E-state index >= 15 is 0 Å². The number of likely N-dealkylation sites (tertiary alicyclic amines) is 1. The number of nitrogens with zero attached hydrogens (tertiary/aromatic N) is 2. The second-order valence-corrected chi connectivity index (χ2v) is 4.88. The van der Waals surface area contributed by atoms with Crippen molar-refractivity contribution < 1.29 is 19.1 Å². The first-order valence-corrected chi connectivity index (χ1v) is 6.72. The van der Waals surface area contributed by atoms with Gasteiger partial charge in [-0.15, -0.1) is 0 Å². The van der Waals surface area contributed by atoms with E-state index < -0.39 is 12.0 Å². The third-order valence-corrected chi connectivity index (χ3v) is 3.50. The van der Waals surface area contributed by atoms with Gasteiger partial charge in [0.05, 0.1) is 0 Å². The van der Waals surface area contributed by atoms with Crippen LogP contribution < -0.4 is 0 Å². The summed E-state index contributed by atoms with van der Waals surface area (Å²) in [6.45, 7) is 0.466. The zero-order valence-electron chi connectivity index (χ0n) is 11.2. The van der Waals surface area contributed by atoms with Crippen molar-refractivity contribution in [1.29, 1.82) is 0 Å². The maximum absolute atomic E-state index is 12.1. The number of carbonyl (C=O) groups excluding carboxylic acids is 1. The topological polar surface area (TPSA) is 83.6 Å². The maximum atomic E-state index is 12.1. The third-order valence-electron chi connectivity index (χ3n) is 3.50. The van der Waals surface area contributed by atoms with Crippen LogP contribution in [-0.4, -0.2) is 39.5 Å². The standard InChI is InChI=1S/C15H14N2O4/c18-14(17-9-3-5-11(17)15(19)20)8-7-13-16-10-4-1-2-6-12(10)21-13/h1-2,4,6-8,11H,3,5,9H2,(H,19,20)/t11-/m1/s1. The molecule has 6 nitrogen and oxygen atoms in total. The molecular formula is C15H14N2O4. The van der Waals surface area contributed by atoms with E-state index in [1.807, 2.05) is 18.2 Å². The van der Waals surface area contributed by atoms with Crippen LogP contribution in [0.15, 0.2) is 34.8 Å². The summed E-state index contributed by atoms with van der Waals surface area (Å²) >= 11 is 0. The lowest BCUT2D eigenvalue weighted by atomic mass is 10.2. The predicted molar refractivity (Wildman–Crippen MR) is 75.4 cm³/mol. The molecule has 1 aliphatic heterocycles. The Hall–Kier alpha value is -2.63. The molecule has 21 heavy (non-hydrogen) atoms. The van der Waals surface area contributed by atoms with Crippen molar-refractivity contribution >= 4 is 29.1 Å². The van der Waals surface area contributed by atoms with Gasteiger partial charge in [-0.2, -0.15) is 0 Å². The molecule has 1 aliphatic rings. The van der Waals surface area contributed by atoms with Crippen LogP contribution >= 0.6 is 0 Å². The molecule has 0 aliphatic carbocycles. The van der Waals surface area contributed by atoms with Crippen LogP contribution in [0.1, 0.15) is 18.7 Å². The van der Waals surface area contributed by atoms with Crippen LogP contribution in [-0.2, 0) is 9.59 Å². The van der Waals surface area contributed by atoms with Crippen molar-refractivity contribution in [3.8, 4) is 0 Å². The summed E-state index contributed by atoms with van der Waals surface area (Å²) < 4.78 is 5.47. The van der Waals surface area contributed by atoms with E-state index in [1.54, 1.807) is 6.07 Å². The molecule has 6 heteroatoms. The van der Waals surface area contributed by atoms with Crippen LogP contribution in [0.5, 0.6) is 0 Å². The van der Waals surface area contributed by atoms with Gasteiger partial charge in [0.25, 0.3) is 0 Å². The molecule has 1 aromatic heterocycles. The minimum absolute atomic E-state index is 0.329. The van der Waals surface area contributed by atoms with E-state index in [0.29, 0.717) is 36.4 Å². The molecule has 1 fully saturated rings. The maximum Gasteiger partial charge on any atom is 0.326 e. The van der Waals surface area contributed by atoms with Gasteiger partial charge in [0.2, 0.25) is 11.8 Å². The number of carbonyl (C=O) groups is 2. The average Bonchev–Trinajstić information content (AvgIpc) is 3.10. The van der Waals surface area contributed by atoms with Crippen molar-refractivity contribution in [3.05, 3.63) is 36.2 Å². The van der Waals surface area contributed by atoms with Crippen molar-refractivity contribution in [1.82, 2.24) is 9.88 Å². The lowest BCUT2D eigenvalue weighted by Gasteiger charge is -2.19. The van der Waals surface area contributed by atoms with Crippen molar-refractivity contribution in [2.24, 2.45) is 0 Å². The number of aromatic nitrogens is 1. The summed E-state index contributed by atoms with van der Waals surface area (Å²) in [6, 6.07) is 6.58. The summed E-state index contributed by atoms with van der Waals surface area (Å²) in [5.41, 5.74) is 1.36. The molecule has 0 saturated carbocycles. The Morgan fingerprint density at radius 1 is 1.38 bits per heavy atom. The van der Waals surface area contributed by atoms with Crippen molar-refractivity contribution in [3.63, 3.8) is 0 Å². The van der Waals surface area contributed by atoms with E-state index in [2.05, 4.69) is 4.98 Å². The fourth-order valence-corrected chi connectivity index (χ4v) is 2.49. The average molecular weight is 286 g/mol. The monoisotopic (exact) mass is 286 g/mol. The highest BCUT2D eigenvalue weighted by Gasteiger charge is 2.32. The molecule has 1 aromatic carbocycles. The molecule has 1 saturated heterocycles. The number of carboxylic acid groups (broad SMARTS) is 1. The van der Waals surface area contributed by atoms with Gasteiger partial charge < -0.3 is 14.4 Å². The fourth-order valence-electron chi connectivity index (χ4n) is 2.49. The zero-order valence-corrected chi connectivity index (χ0v) is 11.2. The summed E-state index contributed by atoms with van der Waals surface area (Å²) in [5, 5.41) is 9.06. The fraction of sp³-hybridized carbons (Fsp3) is 0.267. The molecule has 2 heterocycles. The van der Waals surface area contributed by atoms with Crippen LogP contribution in [0.2, 0.25) is 0 Å². The van der Waals surface area contributed by atoms with Crippen molar-refractivity contribution in [2.45, 2.75) is 18.9 Å². The molecule has 1 amide bonds. The van der Waals surface area contributed by atoms with Crippen LogP contribution in [0.25, 0.3) is 17.2 Å². The Labute approximate surface area is 120 Å². The van der Waals surface area contributed by atoms with Crippen molar-refractivity contribution in [2.75, 3.05) is 6.54 Å². The van der Waals surface area contributed by atoms with E-state index in [-0.39, 0.29) is 5.91 Å². The molecular weight excluding hydrogens is 272 g/mol. The number of amides is 1. The highest BCUT2D eigenvalue weighted by molar-refractivity contribution is 5.94. The number of hydrogen-bond acceptors (Lipinski definition) is 4. The molecule has 3 rings (SSSR count). The molecule has 108 valence electrons. The highest BCUT2D eigenvalue weighted by Crippen LogP contribution is 2.19. The van der Waals surface area contributed by atoms with Gasteiger partial charge in [0, 0.05) is 18.7 Å². The van der Waals surface area contributed by atoms with Gasteiger partial charge in [-0.1, -0.05) is 12.1 Å². The second kappa shape index (κ2) is 5.40. The first kappa shape index (κ1) is 13.4. The van der Waals surface area contributed by atoms with Gasteiger partial charge in [-0.25, -0.2) is 9.78 Å². The number of benzene rings is 1. The Morgan fingerprint density at radius 3 is 2.95 bits per heavy atom. The minimum Gasteiger partial charge on any atom is -0.480 e. The largest absolute Gasteiger partial charge is 0.480 e. The lowest BCUT2D eigenvalue weighted by Crippen LogP contribution is -2.39. The number of rotatable bonds is 3. The first-order valence-electron chi connectivity index (χ1n) is 6.72. The summed E-state index contributed by atoms with van der Waals surface area (Å²) in [4.78, 5) is 28.7. The molecule has 0 unspecified atom stereocenters. The Balaban J connectivity index is 1.76. The highest BCUT2D eigenvalue weighted by atomic mass is 16.4. The Morgan fingerprint density at radius 2 is 2.19 bits per heavy atom. The number of fused-ring (bicyclic) bond motifs is 1. The first-order chi connectivity index (χ1) is 10.1. The molecule has 1 N–H and O–H groups in total. The van der Waals surface area contributed by atoms with Gasteiger partial charge in [-0.05, 0) is 25.0 Å². The number of para-hydroxylation sites is 2. The van der Waals surface area contributed by atoms with Gasteiger partial charge in [0.15, 0.2) is 5.58 Å². The summed E-state index contributed by atoms with van der Waals surface area (Å²) in [7, 11) is 0. The Kier molecular flexibility index (Phi) is 3.43. The molecule has 0 spiro atoms. The Bertz CT molecular complexity index is 686. The van der Waals surface area contributed by atoms with E-state index in [4.69, 9.17) is 9.52 Å². The molecule has 0 radical (unpaired) electrons. The number of carboxylic acids is 1. The number of oxazole rings is 1. The van der Waals surface area contributed by atoms with Gasteiger partial charge >= 0.3 is 5.97 Å². The van der Waals surface area contributed by atoms with E-state index in [1.165, 1.54) is 17.1 Å². The molecule has 0 bridgehead atoms. The lowest BCUT2D eigenvalue weighted by molar-refractivity contribution is -0.146. The van der Waals surface area contributed by atoms with E-state index in [9.17, 15) is 9.59 Å². The SMILES string of the molecule is O=C(O)[C@H]1CCCN1C(=O)C=Cc1nc2ccccc2o1. The summed E-state index contributed by atoms with van der Waals surface area (Å²) in [6.07, 6.45) is 3.99. The third kappa shape index (κ3) is 2.65. The number of hydrogen-bond donors (Lipinski definition) is 1. The van der Waals surface area contributed by atoms with E-state index in [0.717, 1.165) is 0 Å². The smallest absolute Gasteiger partial charge is 0.326 e. The predicted octanol–water partition coefficient (Wildman–Crippen LogP) is 1.92. The summed E-state index contributed by atoms with van der Waals surface area (Å²) in [5.74, 6) is -0.964. The number of aliphatic carboxylic acids is 1. The van der Waals surface area contributed by atoms with Crippen LogP contribution in [0, 0.1) is 0 Å². The zero-order chi connectivity index (χ0) is 14.8. The minimum atomic E-state index is -0.962. The van der Waals surface area contributed by atoms with Crippen LogP contribution in [0.3, 0.4) is 0 Å². The van der Waals surface area contributed by atoms with Gasteiger partial charge in [0.1, 0.15) is 11.6 Å².